The van der Waals surface area contributed by atoms with E-state index in [9.17, 15) is 31.1 Å². The third-order valence-corrected chi connectivity index (χ3v) is 3.15. The molecule has 0 radical (unpaired) electrons. The van der Waals surface area contributed by atoms with Gasteiger partial charge in [0.2, 0.25) is 0 Å². The van der Waals surface area contributed by atoms with E-state index in [0.29, 0.717) is 5.56 Å². The second kappa shape index (κ2) is 7.51. The molecule has 9 heteroatoms. The molecule has 0 aliphatic rings. The molecule has 0 aromatic heterocycles. The van der Waals surface area contributed by atoms with Crippen LogP contribution < -0.4 is 4.90 Å². The fourth-order valence-corrected chi connectivity index (χ4v) is 2.04. The SMILES string of the molecule is O=C(N(/C=C/c1ccccc1)c1ccccc1)N(C(F)(F)F)C(F)(F)F. The van der Waals surface area contributed by atoms with Gasteiger partial charge in [0, 0.05) is 6.20 Å². The van der Waals surface area contributed by atoms with Gasteiger partial charge in [0.25, 0.3) is 0 Å². The van der Waals surface area contributed by atoms with Gasteiger partial charge in [-0.15, -0.1) is 31.2 Å². The van der Waals surface area contributed by atoms with E-state index in [1.807, 2.05) is 0 Å². The van der Waals surface area contributed by atoms with E-state index in [1.165, 1.54) is 36.4 Å². The zero-order chi connectivity index (χ0) is 19.4. The molecule has 0 N–H and O–H groups in total. The first-order valence-electron chi connectivity index (χ1n) is 7.16. The smallest absolute Gasteiger partial charge is 0.269 e. The van der Waals surface area contributed by atoms with Gasteiger partial charge in [0.15, 0.2) is 0 Å². The van der Waals surface area contributed by atoms with Gasteiger partial charge in [-0.05, 0) is 23.8 Å². The summed E-state index contributed by atoms with van der Waals surface area (Å²) in [7, 11) is 0. The van der Waals surface area contributed by atoms with Crippen LogP contribution in [0.25, 0.3) is 6.08 Å². The van der Waals surface area contributed by atoms with E-state index in [2.05, 4.69) is 0 Å². The summed E-state index contributed by atoms with van der Waals surface area (Å²) < 4.78 is 77.0. The number of benzene rings is 2. The van der Waals surface area contributed by atoms with E-state index < -0.39 is 23.5 Å². The maximum atomic E-state index is 12.8. The first-order valence-corrected chi connectivity index (χ1v) is 7.16. The van der Waals surface area contributed by atoms with Gasteiger partial charge in [-0.25, -0.2) is 4.79 Å². The minimum Gasteiger partial charge on any atom is -0.269 e. The van der Waals surface area contributed by atoms with E-state index >= 15 is 0 Å². The van der Waals surface area contributed by atoms with Crippen LogP contribution in [-0.4, -0.2) is 23.5 Å². The largest absolute Gasteiger partial charge is 0.495 e. The number of halogens is 6. The zero-order valence-corrected chi connectivity index (χ0v) is 13.0. The Morgan fingerprint density at radius 3 is 1.69 bits per heavy atom. The van der Waals surface area contributed by atoms with Crippen LogP contribution in [0, 0.1) is 0 Å². The number of nitrogens with zero attached hydrogens (tertiary/aromatic N) is 2. The average molecular weight is 374 g/mol. The molecule has 2 aromatic carbocycles. The molecule has 3 nitrogen and oxygen atoms in total. The topological polar surface area (TPSA) is 23.6 Å². The fourth-order valence-electron chi connectivity index (χ4n) is 2.04. The van der Waals surface area contributed by atoms with Crippen LogP contribution in [0.1, 0.15) is 5.56 Å². The van der Waals surface area contributed by atoms with Gasteiger partial charge in [-0.2, -0.15) is 0 Å². The van der Waals surface area contributed by atoms with E-state index in [1.54, 1.807) is 30.3 Å². The first-order chi connectivity index (χ1) is 12.1. The highest BCUT2D eigenvalue weighted by Gasteiger charge is 2.58. The summed E-state index contributed by atoms with van der Waals surface area (Å²) in [5.41, 5.74) is 0.343. The Morgan fingerprint density at radius 1 is 0.769 bits per heavy atom. The molecule has 2 rings (SSSR count). The van der Waals surface area contributed by atoms with Crippen molar-refractivity contribution in [2.24, 2.45) is 0 Å². The van der Waals surface area contributed by atoms with Crippen molar-refractivity contribution in [1.29, 1.82) is 0 Å². The lowest BCUT2D eigenvalue weighted by Gasteiger charge is -2.31. The molecule has 0 aliphatic heterocycles. The van der Waals surface area contributed by atoms with Crippen LogP contribution in [0.3, 0.4) is 0 Å². The van der Waals surface area contributed by atoms with Crippen LogP contribution in [-0.2, 0) is 0 Å². The molecule has 2 amide bonds. The molecule has 0 aliphatic carbocycles. The molecular formula is C17H12F6N2O. The molecule has 0 saturated heterocycles. The number of hydrogen-bond donors (Lipinski definition) is 0. The predicted molar refractivity (Wildman–Crippen MR) is 83.7 cm³/mol. The highest BCUT2D eigenvalue weighted by Crippen LogP contribution is 2.35. The normalized spacial score (nSPS) is 12.2. The maximum absolute atomic E-state index is 12.8. The number of carbonyl (C=O) groups excluding carboxylic acids is 1. The summed E-state index contributed by atoms with van der Waals surface area (Å²) in [6.07, 6.45) is -9.76. The van der Waals surface area contributed by atoms with Gasteiger partial charge in [-0.3, -0.25) is 4.90 Å². The maximum Gasteiger partial charge on any atom is 0.495 e. The molecule has 0 atom stereocenters. The Balaban J connectivity index is 2.46. The van der Waals surface area contributed by atoms with E-state index in [0.717, 1.165) is 6.20 Å². The molecule has 0 heterocycles. The summed E-state index contributed by atoms with van der Waals surface area (Å²) in [5.74, 6) is 0. The highest BCUT2D eigenvalue weighted by atomic mass is 19.4. The first kappa shape index (κ1) is 19.4. The predicted octanol–water partition coefficient (Wildman–Crippen LogP) is 5.63. The van der Waals surface area contributed by atoms with E-state index in [-0.39, 0.29) is 10.6 Å². The molecule has 0 spiro atoms. The number of para-hydroxylation sites is 1. The average Bonchev–Trinajstić information content (AvgIpc) is 2.54. The van der Waals surface area contributed by atoms with Crippen molar-refractivity contribution in [2.45, 2.75) is 12.6 Å². The summed E-state index contributed by atoms with van der Waals surface area (Å²) >= 11 is 0. The standard InChI is InChI=1S/C17H12F6N2O/c18-16(19,20)25(17(21,22)23)15(26)24(14-9-5-2-6-10-14)12-11-13-7-3-1-4-8-13/h1-12H/b12-11+. The molecule has 26 heavy (non-hydrogen) atoms. The van der Waals surface area contributed by atoms with Crippen molar-refractivity contribution >= 4 is 17.8 Å². The number of alkyl halides is 6. The number of hydrogen-bond acceptors (Lipinski definition) is 1. The Bertz CT molecular complexity index is 742. The van der Waals surface area contributed by atoms with Crippen molar-refractivity contribution in [3.05, 3.63) is 72.4 Å². The highest BCUT2D eigenvalue weighted by molar-refractivity contribution is 5.95. The Kier molecular flexibility index (Phi) is 5.59. The van der Waals surface area contributed by atoms with Crippen LogP contribution in [0.2, 0.25) is 0 Å². The Morgan fingerprint density at radius 2 is 1.23 bits per heavy atom. The lowest BCUT2D eigenvalue weighted by molar-refractivity contribution is -0.347. The van der Waals surface area contributed by atoms with Crippen LogP contribution >= 0.6 is 0 Å². The van der Waals surface area contributed by atoms with Crippen molar-refractivity contribution in [3.63, 3.8) is 0 Å². The number of rotatable bonds is 3. The molecular weight excluding hydrogens is 362 g/mol. The lowest BCUT2D eigenvalue weighted by atomic mass is 10.2. The fraction of sp³-hybridized carbons (Fsp3) is 0.118. The second-order valence-corrected chi connectivity index (χ2v) is 4.99. The lowest BCUT2D eigenvalue weighted by Crippen LogP contribution is -2.55. The summed E-state index contributed by atoms with van der Waals surface area (Å²) in [6, 6.07) is 12.5. The summed E-state index contributed by atoms with van der Waals surface area (Å²) in [4.78, 5) is 10.3. The van der Waals surface area contributed by atoms with Crippen molar-refractivity contribution in [3.8, 4) is 0 Å². The Labute approximate surface area is 144 Å². The monoisotopic (exact) mass is 374 g/mol. The molecule has 0 bridgehead atoms. The molecule has 138 valence electrons. The minimum absolute atomic E-state index is 0.150. The summed E-state index contributed by atoms with van der Waals surface area (Å²) in [6.45, 7) is 0. The number of carbonyl (C=O) groups is 1. The number of anilines is 1. The molecule has 2 aromatic rings. The zero-order valence-electron chi connectivity index (χ0n) is 13.0. The van der Waals surface area contributed by atoms with Gasteiger partial charge in [0.1, 0.15) is 0 Å². The number of urea groups is 1. The van der Waals surface area contributed by atoms with E-state index in [4.69, 9.17) is 0 Å². The van der Waals surface area contributed by atoms with Crippen molar-refractivity contribution in [1.82, 2.24) is 4.90 Å². The second-order valence-electron chi connectivity index (χ2n) is 4.99. The summed E-state index contributed by atoms with van der Waals surface area (Å²) in [5, 5.41) is 0. The molecule has 0 unspecified atom stereocenters. The van der Waals surface area contributed by atoms with Gasteiger partial charge in [-0.1, -0.05) is 48.5 Å². The van der Waals surface area contributed by atoms with Gasteiger partial charge in [0.05, 0.1) is 5.69 Å². The number of amides is 2. The third kappa shape index (κ3) is 4.78. The van der Waals surface area contributed by atoms with Crippen LogP contribution in [0.15, 0.2) is 66.9 Å². The third-order valence-electron chi connectivity index (χ3n) is 3.15. The van der Waals surface area contributed by atoms with Crippen molar-refractivity contribution in [2.75, 3.05) is 4.90 Å². The Hall–Kier alpha value is -2.97. The quantitative estimate of drug-likeness (QED) is 0.505. The molecule has 0 saturated carbocycles. The van der Waals surface area contributed by atoms with Gasteiger partial charge >= 0.3 is 18.6 Å². The van der Waals surface area contributed by atoms with Crippen LogP contribution in [0.5, 0.6) is 0 Å². The van der Waals surface area contributed by atoms with Crippen molar-refractivity contribution < 1.29 is 31.1 Å². The van der Waals surface area contributed by atoms with Gasteiger partial charge < -0.3 is 0 Å². The molecule has 0 fully saturated rings. The van der Waals surface area contributed by atoms with Crippen LogP contribution in [0.4, 0.5) is 36.8 Å². The minimum atomic E-state index is -5.93.